The van der Waals surface area contributed by atoms with Crippen LogP contribution >= 0.6 is 23.8 Å². The van der Waals surface area contributed by atoms with Gasteiger partial charge in [-0.25, -0.2) is 0 Å². The number of amides is 1. The average molecular weight is 311 g/mol. The van der Waals surface area contributed by atoms with Crippen LogP contribution in [0.25, 0.3) is 6.08 Å². The van der Waals surface area contributed by atoms with Gasteiger partial charge in [0.25, 0.3) is 5.91 Å². The molecule has 0 unspecified atom stereocenters. The Labute approximate surface area is 128 Å². The van der Waals surface area contributed by atoms with Gasteiger partial charge in [-0.1, -0.05) is 17.7 Å². The number of thiocarbonyl (C=S) groups is 1. The maximum Gasteiger partial charge on any atom is 0.276 e. The van der Waals surface area contributed by atoms with Gasteiger partial charge < -0.3 is 9.64 Å². The molecule has 0 aliphatic carbocycles. The van der Waals surface area contributed by atoms with Crippen LogP contribution in [0.5, 0.6) is 5.75 Å². The summed E-state index contributed by atoms with van der Waals surface area (Å²) in [5.41, 5.74) is 1.37. The molecule has 1 aromatic rings. The van der Waals surface area contributed by atoms with Gasteiger partial charge in [-0.05, 0) is 42.9 Å². The zero-order chi connectivity index (χ0) is 14.9. The lowest BCUT2D eigenvalue weighted by molar-refractivity contribution is -0.122. The van der Waals surface area contributed by atoms with Crippen molar-refractivity contribution in [3.63, 3.8) is 0 Å². The molecule has 1 aromatic carbocycles. The molecule has 1 saturated heterocycles. The van der Waals surface area contributed by atoms with Gasteiger partial charge >= 0.3 is 0 Å². The molecule has 106 valence electrons. The number of hydrogen-bond donors (Lipinski definition) is 0. The second-order valence-corrected chi connectivity index (χ2v) is 5.09. The molecule has 0 N–H and O–H groups in total. The van der Waals surface area contributed by atoms with Crippen molar-refractivity contribution in [1.29, 1.82) is 0 Å². The summed E-state index contributed by atoms with van der Waals surface area (Å²) in [6.07, 6.45) is 1.77. The Morgan fingerprint density at radius 2 is 2.15 bits per heavy atom. The second kappa shape index (κ2) is 5.81. The largest absolute Gasteiger partial charge is 0.495 e. The molecule has 0 aromatic heterocycles. The fourth-order valence-electron chi connectivity index (χ4n) is 2.02. The van der Waals surface area contributed by atoms with E-state index in [1.54, 1.807) is 42.2 Å². The standard InChI is InChI=1S/C14H15ClN2O2S/c1-4-17-13(18)11(16(2)14(17)20)8-9-5-6-12(19-3)10(15)7-9/h5-8H,4H2,1-3H3. The van der Waals surface area contributed by atoms with Gasteiger partial charge in [0, 0.05) is 13.6 Å². The number of likely N-dealkylation sites (N-methyl/N-ethyl adjacent to an activating group) is 2. The van der Waals surface area contributed by atoms with E-state index in [1.165, 1.54) is 0 Å². The lowest BCUT2D eigenvalue weighted by Crippen LogP contribution is -2.30. The first kappa shape index (κ1) is 14.8. The molecule has 1 fully saturated rings. The predicted molar refractivity (Wildman–Crippen MR) is 83.7 cm³/mol. The first-order valence-corrected chi connectivity index (χ1v) is 6.93. The van der Waals surface area contributed by atoms with E-state index >= 15 is 0 Å². The average Bonchev–Trinajstić information content (AvgIpc) is 2.63. The van der Waals surface area contributed by atoms with Crippen molar-refractivity contribution < 1.29 is 9.53 Å². The summed E-state index contributed by atoms with van der Waals surface area (Å²) < 4.78 is 5.10. The van der Waals surface area contributed by atoms with Crippen LogP contribution in [-0.2, 0) is 4.79 Å². The Balaban J connectivity index is 2.38. The molecule has 1 aliphatic heterocycles. The van der Waals surface area contributed by atoms with Crippen molar-refractivity contribution in [3.8, 4) is 5.75 Å². The molecule has 1 amide bonds. The van der Waals surface area contributed by atoms with E-state index in [9.17, 15) is 4.79 Å². The zero-order valence-corrected chi connectivity index (χ0v) is 13.1. The highest BCUT2D eigenvalue weighted by Gasteiger charge is 2.34. The highest BCUT2D eigenvalue weighted by molar-refractivity contribution is 7.80. The van der Waals surface area contributed by atoms with E-state index < -0.39 is 0 Å². The summed E-state index contributed by atoms with van der Waals surface area (Å²) in [5.74, 6) is 0.512. The van der Waals surface area contributed by atoms with Crippen LogP contribution in [0, 0.1) is 0 Å². The first-order valence-electron chi connectivity index (χ1n) is 6.14. The van der Waals surface area contributed by atoms with Crippen LogP contribution in [0.15, 0.2) is 23.9 Å². The molecule has 1 heterocycles. The molecule has 20 heavy (non-hydrogen) atoms. The van der Waals surface area contributed by atoms with Gasteiger partial charge in [-0.15, -0.1) is 0 Å². The number of halogens is 1. The number of benzene rings is 1. The molecule has 0 bridgehead atoms. The molecular weight excluding hydrogens is 296 g/mol. The molecule has 0 spiro atoms. The van der Waals surface area contributed by atoms with Gasteiger partial charge in [0.05, 0.1) is 12.1 Å². The topological polar surface area (TPSA) is 32.8 Å². The maximum atomic E-state index is 12.2. The van der Waals surface area contributed by atoms with Crippen molar-refractivity contribution >= 4 is 40.9 Å². The highest BCUT2D eigenvalue weighted by atomic mass is 35.5. The van der Waals surface area contributed by atoms with Crippen molar-refractivity contribution in [1.82, 2.24) is 9.80 Å². The van der Waals surface area contributed by atoms with Crippen molar-refractivity contribution in [3.05, 3.63) is 34.5 Å². The van der Waals surface area contributed by atoms with E-state index in [4.69, 9.17) is 28.6 Å². The number of carbonyl (C=O) groups is 1. The summed E-state index contributed by atoms with van der Waals surface area (Å²) in [6, 6.07) is 5.37. The van der Waals surface area contributed by atoms with Gasteiger partial charge in [-0.2, -0.15) is 0 Å². The molecule has 0 saturated carbocycles. The molecule has 4 nitrogen and oxygen atoms in total. The minimum Gasteiger partial charge on any atom is -0.495 e. The third-order valence-electron chi connectivity index (χ3n) is 3.14. The van der Waals surface area contributed by atoms with E-state index in [0.717, 1.165) is 5.56 Å². The van der Waals surface area contributed by atoms with Gasteiger partial charge in [0.2, 0.25) is 0 Å². The van der Waals surface area contributed by atoms with Crippen LogP contribution in [0.3, 0.4) is 0 Å². The third kappa shape index (κ3) is 2.51. The van der Waals surface area contributed by atoms with Gasteiger partial charge in [0.15, 0.2) is 5.11 Å². The summed E-state index contributed by atoms with van der Waals surface area (Å²) in [4.78, 5) is 15.5. The molecule has 6 heteroatoms. The first-order chi connectivity index (χ1) is 9.49. The van der Waals surface area contributed by atoms with E-state index in [2.05, 4.69) is 0 Å². The number of carbonyl (C=O) groups excluding carboxylic acids is 1. The Kier molecular flexibility index (Phi) is 4.30. The van der Waals surface area contributed by atoms with Gasteiger partial charge in [0.1, 0.15) is 11.4 Å². The third-order valence-corrected chi connectivity index (χ3v) is 3.93. The minimum absolute atomic E-state index is 0.0908. The Bertz CT molecular complexity index is 601. The van der Waals surface area contributed by atoms with Crippen LogP contribution < -0.4 is 4.74 Å². The summed E-state index contributed by atoms with van der Waals surface area (Å²) in [6.45, 7) is 2.45. The molecule has 0 radical (unpaired) electrons. The smallest absolute Gasteiger partial charge is 0.276 e. The fraction of sp³-hybridized carbons (Fsp3) is 0.286. The van der Waals surface area contributed by atoms with Crippen LogP contribution in [0.2, 0.25) is 5.02 Å². The van der Waals surface area contributed by atoms with E-state index in [0.29, 0.717) is 28.1 Å². The number of ether oxygens (including phenoxy) is 1. The summed E-state index contributed by atoms with van der Waals surface area (Å²) >= 11 is 11.3. The lowest BCUT2D eigenvalue weighted by atomic mass is 10.1. The highest BCUT2D eigenvalue weighted by Crippen LogP contribution is 2.27. The molecular formula is C14H15ClN2O2S. The molecule has 1 aliphatic rings. The normalized spacial score (nSPS) is 17.3. The monoisotopic (exact) mass is 310 g/mol. The Morgan fingerprint density at radius 1 is 1.45 bits per heavy atom. The van der Waals surface area contributed by atoms with Crippen LogP contribution in [-0.4, -0.2) is 41.5 Å². The molecule has 0 atom stereocenters. The predicted octanol–water partition coefficient (Wildman–Crippen LogP) is 2.77. The van der Waals surface area contributed by atoms with E-state index in [1.807, 2.05) is 13.0 Å². The van der Waals surface area contributed by atoms with Crippen LogP contribution in [0.1, 0.15) is 12.5 Å². The number of hydrogen-bond acceptors (Lipinski definition) is 3. The number of rotatable bonds is 3. The summed E-state index contributed by atoms with van der Waals surface area (Å²) in [7, 11) is 3.35. The SMILES string of the molecule is CCN1C(=O)C(=Cc2ccc(OC)c(Cl)c2)N(C)C1=S. The van der Waals surface area contributed by atoms with Crippen molar-refractivity contribution in [2.24, 2.45) is 0 Å². The lowest BCUT2D eigenvalue weighted by Gasteiger charge is -2.13. The Hall–Kier alpha value is -1.59. The fourth-order valence-corrected chi connectivity index (χ4v) is 2.60. The quantitative estimate of drug-likeness (QED) is 0.635. The zero-order valence-electron chi connectivity index (χ0n) is 11.5. The summed E-state index contributed by atoms with van der Waals surface area (Å²) in [5, 5.41) is 1.02. The van der Waals surface area contributed by atoms with Crippen molar-refractivity contribution in [2.45, 2.75) is 6.92 Å². The van der Waals surface area contributed by atoms with Crippen molar-refractivity contribution in [2.75, 3.05) is 20.7 Å². The minimum atomic E-state index is -0.0908. The number of methoxy groups -OCH3 is 1. The van der Waals surface area contributed by atoms with Gasteiger partial charge in [-0.3, -0.25) is 9.69 Å². The number of nitrogens with zero attached hydrogens (tertiary/aromatic N) is 2. The Morgan fingerprint density at radius 3 is 2.65 bits per heavy atom. The van der Waals surface area contributed by atoms with E-state index in [-0.39, 0.29) is 5.91 Å². The van der Waals surface area contributed by atoms with Crippen LogP contribution in [0.4, 0.5) is 0 Å². The molecule has 2 rings (SSSR count). The maximum absolute atomic E-state index is 12.2. The second-order valence-electron chi connectivity index (χ2n) is 4.31.